The largest absolute Gasteiger partial charge is 0.480 e. The molecule has 8 heteroatoms. The second kappa shape index (κ2) is 10.6. The molecule has 1 aliphatic rings. The van der Waals surface area contributed by atoms with Crippen LogP contribution < -0.4 is 10.6 Å². The Morgan fingerprint density at radius 3 is 2.15 bits per heavy atom. The number of ether oxygens (including phenoxy) is 2. The summed E-state index contributed by atoms with van der Waals surface area (Å²) in [6, 6.07) is 22.7. The molecule has 0 saturated heterocycles. The van der Waals surface area contributed by atoms with Crippen LogP contribution in [0.4, 0.5) is 10.5 Å². The predicted octanol–water partition coefficient (Wildman–Crippen LogP) is 3.88. The van der Waals surface area contributed by atoms with E-state index >= 15 is 0 Å². The number of fused-ring (bicyclic) bond motifs is 3. The summed E-state index contributed by atoms with van der Waals surface area (Å²) in [7, 11) is 0. The summed E-state index contributed by atoms with van der Waals surface area (Å²) in [6.07, 6.45) is -0.660. The number of aliphatic carboxylic acids is 1. The molecule has 0 bridgehead atoms. The molecule has 4 rings (SSSR count). The van der Waals surface area contributed by atoms with Gasteiger partial charge in [-0.05, 0) is 34.4 Å². The highest BCUT2D eigenvalue weighted by Gasteiger charge is 2.29. The van der Waals surface area contributed by atoms with Crippen LogP contribution in [0.1, 0.15) is 27.4 Å². The van der Waals surface area contributed by atoms with Gasteiger partial charge < -0.3 is 19.9 Å². The Labute approximate surface area is 196 Å². The molecule has 8 nitrogen and oxygen atoms in total. The zero-order chi connectivity index (χ0) is 23.9. The summed E-state index contributed by atoms with van der Waals surface area (Å²) in [5.74, 6) is -1.57. The van der Waals surface area contributed by atoms with Gasteiger partial charge in [0.25, 0.3) is 5.91 Å². The van der Waals surface area contributed by atoms with Crippen molar-refractivity contribution in [2.45, 2.75) is 5.92 Å². The second-order valence-corrected chi connectivity index (χ2v) is 7.70. The highest BCUT2D eigenvalue weighted by molar-refractivity contribution is 6.02. The first-order valence-electron chi connectivity index (χ1n) is 10.8. The fourth-order valence-electron chi connectivity index (χ4n) is 4.03. The van der Waals surface area contributed by atoms with Crippen molar-refractivity contribution >= 4 is 23.7 Å². The molecule has 34 heavy (non-hydrogen) atoms. The van der Waals surface area contributed by atoms with E-state index in [-0.39, 0.29) is 31.2 Å². The number of nitrogens with one attached hydrogen (secondary N) is 2. The van der Waals surface area contributed by atoms with E-state index in [0.29, 0.717) is 5.69 Å². The minimum atomic E-state index is -1.08. The van der Waals surface area contributed by atoms with E-state index in [4.69, 9.17) is 14.6 Å². The Bertz CT molecular complexity index is 1160. The highest BCUT2D eigenvalue weighted by Crippen LogP contribution is 2.44. The zero-order valence-corrected chi connectivity index (χ0v) is 18.3. The lowest BCUT2D eigenvalue weighted by molar-refractivity contribution is -0.142. The molecule has 0 aromatic heterocycles. The molecule has 174 valence electrons. The minimum Gasteiger partial charge on any atom is -0.480 e. The van der Waals surface area contributed by atoms with Gasteiger partial charge in [-0.2, -0.15) is 0 Å². The molecule has 3 aromatic carbocycles. The van der Waals surface area contributed by atoms with Gasteiger partial charge in [0, 0.05) is 12.5 Å². The number of rotatable bonds is 9. The lowest BCUT2D eigenvalue weighted by Crippen LogP contribution is -2.29. The molecule has 0 spiro atoms. The Balaban J connectivity index is 1.36. The van der Waals surface area contributed by atoms with Crippen LogP contribution in [-0.4, -0.2) is 49.4 Å². The number of amides is 2. The lowest BCUT2D eigenvalue weighted by Gasteiger charge is -2.15. The molecule has 3 aromatic rings. The average Bonchev–Trinajstić information content (AvgIpc) is 3.16. The van der Waals surface area contributed by atoms with Gasteiger partial charge >= 0.3 is 12.1 Å². The van der Waals surface area contributed by atoms with Crippen LogP contribution in [0.3, 0.4) is 0 Å². The fourth-order valence-corrected chi connectivity index (χ4v) is 4.03. The lowest BCUT2D eigenvalue weighted by atomic mass is 9.98. The van der Waals surface area contributed by atoms with Crippen molar-refractivity contribution in [3.05, 3.63) is 89.5 Å². The number of anilines is 1. The Morgan fingerprint density at radius 2 is 1.47 bits per heavy atom. The number of benzene rings is 3. The van der Waals surface area contributed by atoms with E-state index in [1.54, 1.807) is 24.3 Å². The van der Waals surface area contributed by atoms with Crippen molar-refractivity contribution in [1.29, 1.82) is 0 Å². The van der Waals surface area contributed by atoms with Gasteiger partial charge in [0.15, 0.2) is 0 Å². The summed E-state index contributed by atoms with van der Waals surface area (Å²) in [5, 5.41) is 13.9. The third-order valence-electron chi connectivity index (χ3n) is 5.51. The summed E-state index contributed by atoms with van der Waals surface area (Å²) in [4.78, 5) is 35.6. The summed E-state index contributed by atoms with van der Waals surface area (Å²) in [5.41, 5.74) is 5.07. The van der Waals surface area contributed by atoms with E-state index < -0.39 is 24.6 Å². The first kappa shape index (κ1) is 23.0. The molecule has 0 aliphatic heterocycles. The fraction of sp³-hybridized carbons (Fsp3) is 0.192. The topological polar surface area (TPSA) is 114 Å². The van der Waals surface area contributed by atoms with Crippen LogP contribution in [0.25, 0.3) is 11.1 Å². The molecule has 3 N–H and O–H groups in total. The van der Waals surface area contributed by atoms with Gasteiger partial charge in [-0.15, -0.1) is 0 Å². The van der Waals surface area contributed by atoms with Crippen LogP contribution in [0, 0.1) is 0 Å². The normalized spacial score (nSPS) is 11.9. The Hall–Kier alpha value is -4.17. The summed E-state index contributed by atoms with van der Waals surface area (Å²) in [6.45, 7) is -0.0870. The van der Waals surface area contributed by atoms with Crippen LogP contribution in [0.5, 0.6) is 0 Å². The van der Waals surface area contributed by atoms with Crippen molar-refractivity contribution < 1.29 is 29.0 Å². The first-order valence-corrected chi connectivity index (χ1v) is 10.8. The van der Waals surface area contributed by atoms with Crippen LogP contribution >= 0.6 is 0 Å². The highest BCUT2D eigenvalue weighted by atomic mass is 16.5. The number of carboxylic acids is 1. The SMILES string of the molecule is O=C(O)COCCNC(=O)c1ccccc1NC(=O)OCC1c2ccccc2-c2ccccc21. The number of hydrogen-bond acceptors (Lipinski definition) is 5. The quantitative estimate of drug-likeness (QED) is 0.418. The predicted molar refractivity (Wildman–Crippen MR) is 126 cm³/mol. The number of carbonyl (C=O) groups is 3. The first-order chi connectivity index (χ1) is 16.5. The van der Waals surface area contributed by atoms with E-state index in [2.05, 4.69) is 22.8 Å². The molecule has 0 unspecified atom stereocenters. The smallest absolute Gasteiger partial charge is 0.411 e. The van der Waals surface area contributed by atoms with Gasteiger partial charge in [0.1, 0.15) is 13.2 Å². The molecule has 0 atom stereocenters. The van der Waals surface area contributed by atoms with Crippen molar-refractivity contribution in [1.82, 2.24) is 5.32 Å². The van der Waals surface area contributed by atoms with Crippen molar-refractivity contribution in [2.75, 3.05) is 31.7 Å². The van der Waals surface area contributed by atoms with Crippen molar-refractivity contribution in [3.8, 4) is 11.1 Å². The van der Waals surface area contributed by atoms with Gasteiger partial charge in [0.05, 0.1) is 17.9 Å². The Kier molecular flexibility index (Phi) is 7.19. The van der Waals surface area contributed by atoms with Crippen molar-refractivity contribution in [2.24, 2.45) is 0 Å². The minimum absolute atomic E-state index is 0.0556. The standard InChI is InChI=1S/C26H24N2O6/c29-24(30)16-33-14-13-27-25(31)21-11-5-6-12-23(21)28-26(32)34-15-22-19-9-3-1-7-17(19)18-8-2-4-10-20(18)22/h1-12,22H,13-16H2,(H,27,31)(H,28,32)(H,29,30). The zero-order valence-electron chi connectivity index (χ0n) is 18.3. The van der Waals surface area contributed by atoms with Gasteiger partial charge in [-0.1, -0.05) is 60.7 Å². The number of para-hydroxylation sites is 1. The van der Waals surface area contributed by atoms with Crippen LogP contribution in [0.2, 0.25) is 0 Å². The molecule has 0 heterocycles. The van der Waals surface area contributed by atoms with E-state index in [1.807, 2.05) is 36.4 Å². The number of carboxylic acid groups (broad SMARTS) is 1. The summed E-state index contributed by atoms with van der Waals surface area (Å²) < 4.78 is 10.5. The number of carbonyl (C=O) groups excluding carboxylic acids is 2. The third kappa shape index (κ3) is 5.24. The van der Waals surface area contributed by atoms with Gasteiger partial charge in [-0.3, -0.25) is 10.1 Å². The van der Waals surface area contributed by atoms with Crippen LogP contribution in [-0.2, 0) is 14.3 Å². The van der Waals surface area contributed by atoms with E-state index in [0.717, 1.165) is 22.3 Å². The van der Waals surface area contributed by atoms with Crippen molar-refractivity contribution in [3.63, 3.8) is 0 Å². The molecular formula is C26H24N2O6. The number of hydrogen-bond donors (Lipinski definition) is 3. The molecule has 0 radical (unpaired) electrons. The average molecular weight is 460 g/mol. The Morgan fingerprint density at radius 1 is 0.853 bits per heavy atom. The van der Waals surface area contributed by atoms with Gasteiger partial charge in [0.2, 0.25) is 0 Å². The maximum absolute atomic E-state index is 12.6. The molecule has 0 fully saturated rings. The third-order valence-corrected chi connectivity index (χ3v) is 5.51. The van der Waals surface area contributed by atoms with E-state index in [1.165, 1.54) is 0 Å². The maximum Gasteiger partial charge on any atom is 0.411 e. The summed E-state index contributed by atoms with van der Waals surface area (Å²) >= 11 is 0. The monoisotopic (exact) mass is 460 g/mol. The van der Waals surface area contributed by atoms with E-state index in [9.17, 15) is 14.4 Å². The molecule has 1 aliphatic carbocycles. The van der Waals surface area contributed by atoms with Gasteiger partial charge in [-0.25, -0.2) is 9.59 Å². The van der Waals surface area contributed by atoms with Crippen LogP contribution in [0.15, 0.2) is 72.8 Å². The molecular weight excluding hydrogens is 436 g/mol. The molecule has 2 amide bonds. The molecule has 0 saturated carbocycles. The second-order valence-electron chi connectivity index (χ2n) is 7.70. The maximum atomic E-state index is 12.6.